The van der Waals surface area contributed by atoms with Crippen LogP contribution in [0.2, 0.25) is 0 Å². The first-order valence-electron chi connectivity index (χ1n) is 10.6. The number of hydrogen-bond acceptors (Lipinski definition) is 5. The third-order valence-corrected chi connectivity index (χ3v) is 5.30. The van der Waals surface area contributed by atoms with Crippen molar-refractivity contribution in [3.05, 3.63) is 95.6 Å². The standard InChI is InChI=1S/C26H22N2O5/c29-23(27-22-10-5-4-9-21(22)25(31)18-7-2-1-3-8-18)17-33-26(32)19-12-14-20(15-13-19)28-16-6-11-24(28)30/h1-5,7-10,12-15H,6,11,16-17H2,(H,27,29). The van der Waals surface area contributed by atoms with E-state index in [9.17, 15) is 19.2 Å². The summed E-state index contributed by atoms with van der Waals surface area (Å²) in [6.07, 6.45) is 1.34. The Labute approximate surface area is 191 Å². The van der Waals surface area contributed by atoms with Crippen molar-refractivity contribution in [2.75, 3.05) is 23.4 Å². The normalized spacial score (nSPS) is 13.0. The fraction of sp³-hybridized carbons (Fsp3) is 0.154. The summed E-state index contributed by atoms with van der Waals surface area (Å²) in [6.45, 7) is 0.163. The van der Waals surface area contributed by atoms with Gasteiger partial charge in [-0.25, -0.2) is 4.79 Å². The zero-order valence-electron chi connectivity index (χ0n) is 17.8. The molecule has 0 aliphatic carbocycles. The number of amides is 2. The van der Waals surface area contributed by atoms with E-state index < -0.39 is 18.5 Å². The van der Waals surface area contributed by atoms with E-state index in [-0.39, 0.29) is 17.3 Å². The van der Waals surface area contributed by atoms with E-state index in [2.05, 4.69) is 5.32 Å². The second kappa shape index (κ2) is 9.91. The molecule has 0 unspecified atom stereocenters. The molecule has 7 heteroatoms. The summed E-state index contributed by atoms with van der Waals surface area (Å²) in [5.74, 6) is -1.37. The third kappa shape index (κ3) is 5.15. The molecule has 3 aromatic carbocycles. The first kappa shape index (κ1) is 22.0. The molecule has 3 aromatic rings. The molecule has 0 saturated carbocycles. The van der Waals surface area contributed by atoms with E-state index in [1.165, 1.54) is 0 Å². The number of para-hydroxylation sites is 1. The molecule has 166 valence electrons. The summed E-state index contributed by atoms with van der Waals surface area (Å²) in [5, 5.41) is 2.64. The predicted molar refractivity (Wildman–Crippen MR) is 123 cm³/mol. The molecule has 1 aliphatic rings. The Kier molecular flexibility index (Phi) is 6.59. The highest BCUT2D eigenvalue weighted by Gasteiger charge is 2.22. The lowest BCUT2D eigenvalue weighted by Gasteiger charge is -2.15. The van der Waals surface area contributed by atoms with Crippen molar-refractivity contribution in [3.8, 4) is 0 Å². The molecular formula is C26H22N2O5. The first-order valence-corrected chi connectivity index (χ1v) is 10.6. The number of benzene rings is 3. The molecule has 1 saturated heterocycles. The molecule has 0 aromatic heterocycles. The zero-order chi connectivity index (χ0) is 23.2. The number of carbonyl (C=O) groups excluding carboxylic acids is 4. The smallest absolute Gasteiger partial charge is 0.338 e. The highest BCUT2D eigenvalue weighted by atomic mass is 16.5. The van der Waals surface area contributed by atoms with Crippen molar-refractivity contribution >= 4 is 34.9 Å². The number of nitrogens with zero attached hydrogens (tertiary/aromatic N) is 1. The summed E-state index contributed by atoms with van der Waals surface area (Å²) >= 11 is 0. The maximum atomic E-state index is 12.8. The maximum Gasteiger partial charge on any atom is 0.338 e. The second-order valence-corrected chi connectivity index (χ2v) is 7.56. The Morgan fingerprint density at radius 1 is 0.848 bits per heavy atom. The van der Waals surface area contributed by atoms with Crippen molar-refractivity contribution < 1.29 is 23.9 Å². The summed E-state index contributed by atoms with van der Waals surface area (Å²) in [5.41, 5.74) is 2.19. The van der Waals surface area contributed by atoms with Gasteiger partial charge in [-0.2, -0.15) is 0 Å². The van der Waals surface area contributed by atoms with Crippen LogP contribution in [0.3, 0.4) is 0 Å². The van der Waals surface area contributed by atoms with Gasteiger partial charge < -0.3 is 15.0 Å². The molecular weight excluding hydrogens is 420 g/mol. The molecule has 2 amide bonds. The Hall–Kier alpha value is -4.26. The van der Waals surface area contributed by atoms with Gasteiger partial charge in [0.2, 0.25) is 5.91 Å². The average molecular weight is 442 g/mol. The minimum Gasteiger partial charge on any atom is -0.452 e. The summed E-state index contributed by atoms with van der Waals surface area (Å²) < 4.78 is 5.12. The van der Waals surface area contributed by atoms with Crippen LogP contribution in [0.25, 0.3) is 0 Å². The maximum absolute atomic E-state index is 12.8. The Morgan fingerprint density at radius 3 is 2.24 bits per heavy atom. The molecule has 1 N–H and O–H groups in total. The monoisotopic (exact) mass is 442 g/mol. The highest BCUT2D eigenvalue weighted by molar-refractivity contribution is 6.14. The molecule has 1 fully saturated rings. The minimum atomic E-state index is -0.655. The number of anilines is 2. The van der Waals surface area contributed by atoms with Crippen LogP contribution < -0.4 is 10.2 Å². The molecule has 1 aliphatic heterocycles. The molecule has 0 spiro atoms. The quantitative estimate of drug-likeness (QED) is 0.443. The van der Waals surface area contributed by atoms with Gasteiger partial charge in [-0.3, -0.25) is 14.4 Å². The van der Waals surface area contributed by atoms with Gasteiger partial charge in [0.25, 0.3) is 5.91 Å². The van der Waals surface area contributed by atoms with E-state index in [0.717, 1.165) is 12.1 Å². The van der Waals surface area contributed by atoms with Gasteiger partial charge in [-0.15, -0.1) is 0 Å². The van der Waals surface area contributed by atoms with Crippen LogP contribution in [-0.4, -0.2) is 36.7 Å². The predicted octanol–water partition coefficient (Wildman–Crippen LogP) is 3.84. The molecule has 0 atom stereocenters. The lowest BCUT2D eigenvalue weighted by molar-refractivity contribution is -0.119. The van der Waals surface area contributed by atoms with Gasteiger partial charge in [0, 0.05) is 29.8 Å². The Balaban J connectivity index is 1.36. The molecule has 33 heavy (non-hydrogen) atoms. The van der Waals surface area contributed by atoms with Crippen molar-refractivity contribution in [3.63, 3.8) is 0 Å². The number of nitrogens with one attached hydrogen (secondary N) is 1. The van der Waals surface area contributed by atoms with Crippen molar-refractivity contribution in [1.82, 2.24) is 0 Å². The van der Waals surface area contributed by atoms with E-state index in [1.54, 1.807) is 77.7 Å². The van der Waals surface area contributed by atoms with Crippen LogP contribution in [0.1, 0.15) is 39.1 Å². The fourth-order valence-corrected chi connectivity index (χ4v) is 3.63. The van der Waals surface area contributed by atoms with E-state index in [1.807, 2.05) is 6.07 Å². The molecule has 7 nitrogen and oxygen atoms in total. The summed E-state index contributed by atoms with van der Waals surface area (Å²) in [4.78, 5) is 51.0. The lowest BCUT2D eigenvalue weighted by atomic mass is 10.0. The van der Waals surface area contributed by atoms with Crippen LogP contribution in [0.5, 0.6) is 0 Å². The van der Waals surface area contributed by atoms with Gasteiger partial charge >= 0.3 is 5.97 Å². The average Bonchev–Trinajstić information content (AvgIpc) is 3.29. The number of ketones is 1. The third-order valence-electron chi connectivity index (χ3n) is 5.30. The highest BCUT2D eigenvalue weighted by Crippen LogP contribution is 2.22. The number of carbonyl (C=O) groups is 4. The van der Waals surface area contributed by atoms with Crippen LogP contribution in [0.4, 0.5) is 11.4 Å². The van der Waals surface area contributed by atoms with Crippen LogP contribution in [-0.2, 0) is 14.3 Å². The van der Waals surface area contributed by atoms with Crippen molar-refractivity contribution in [1.29, 1.82) is 0 Å². The second-order valence-electron chi connectivity index (χ2n) is 7.56. The first-order chi connectivity index (χ1) is 16.0. The van der Waals surface area contributed by atoms with E-state index >= 15 is 0 Å². The number of esters is 1. The topological polar surface area (TPSA) is 92.8 Å². The largest absolute Gasteiger partial charge is 0.452 e. The van der Waals surface area contributed by atoms with Gasteiger partial charge in [-0.05, 0) is 42.8 Å². The number of hydrogen-bond donors (Lipinski definition) is 1. The van der Waals surface area contributed by atoms with E-state index in [0.29, 0.717) is 29.8 Å². The van der Waals surface area contributed by atoms with E-state index in [4.69, 9.17) is 4.74 Å². The minimum absolute atomic E-state index is 0.0630. The summed E-state index contributed by atoms with van der Waals surface area (Å²) in [7, 11) is 0. The molecule has 0 radical (unpaired) electrons. The fourth-order valence-electron chi connectivity index (χ4n) is 3.63. The lowest BCUT2D eigenvalue weighted by Crippen LogP contribution is -2.24. The Bertz CT molecular complexity index is 1190. The zero-order valence-corrected chi connectivity index (χ0v) is 17.8. The molecule has 4 rings (SSSR count). The van der Waals surface area contributed by atoms with Crippen LogP contribution >= 0.6 is 0 Å². The van der Waals surface area contributed by atoms with Crippen LogP contribution in [0, 0.1) is 0 Å². The van der Waals surface area contributed by atoms with Crippen molar-refractivity contribution in [2.45, 2.75) is 12.8 Å². The number of rotatable bonds is 7. The SMILES string of the molecule is O=C(COC(=O)c1ccc(N2CCCC2=O)cc1)Nc1ccccc1C(=O)c1ccccc1. The van der Waals surface area contributed by atoms with Gasteiger partial charge in [0.05, 0.1) is 11.3 Å². The van der Waals surface area contributed by atoms with Gasteiger partial charge in [0.15, 0.2) is 12.4 Å². The molecule has 1 heterocycles. The van der Waals surface area contributed by atoms with Crippen LogP contribution in [0.15, 0.2) is 78.9 Å². The van der Waals surface area contributed by atoms with Gasteiger partial charge in [-0.1, -0.05) is 42.5 Å². The molecule has 0 bridgehead atoms. The number of ether oxygens (including phenoxy) is 1. The van der Waals surface area contributed by atoms with Gasteiger partial charge in [0.1, 0.15) is 0 Å². The van der Waals surface area contributed by atoms with Crippen molar-refractivity contribution in [2.24, 2.45) is 0 Å². The Morgan fingerprint density at radius 2 is 1.55 bits per heavy atom. The summed E-state index contributed by atoms with van der Waals surface area (Å²) in [6, 6.07) is 21.9.